The van der Waals surface area contributed by atoms with Gasteiger partial charge in [-0.25, -0.2) is 0 Å². The fraction of sp³-hybridized carbons (Fsp3) is 0.760. The van der Waals surface area contributed by atoms with Crippen LogP contribution in [0.25, 0.3) is 0 Å². The third-order valence-corrected chi connectivity index (χ3v) is 6.99. The molecule has 2 aliphatic heterocycles. The van der Waals surface area contributed by atoms with Crippen molar-refractivity contribution in [2.24, 2.45) is 5.41 Å². The van der Waals surface area contributed by atoms with E-state index in [1.807, 2.05) is 6.07 Å². The van der Waals surface area contributed by atoms with Crippen LogP contribution in [0.2, 0.25) is 0 Å². The minimum Gasteiger partial charge on any atom is -0.384 e. The van der Waals surface area contributed by atoms with E-state index in [0.29, 0.717) is 19.8 Å². The molecule has 1 spiro atoms. The van der Waals surface area contributed by atoms with E-state index in [-0.39, 0.29) is 22.6 Å². The summed E-state index contributed by atoms with van der Waals surface area (Å²) in [5.74, 6) is -0.571. The van der Waals surface area contributed by atoms with Crippen LogP contribution in [0.5, 0.6) is 0 Å². The number of hydroxylamine groups is 2. The van der Waals surface area contributed by atoms with Crippen molar-refractivity contribution in [1.82, 2.24) is 5.06 Å². The molecule has 0 amide bonds. The van der Waals surface area contributed by atoms with Gasteiger partial charge in [0.15, 0.2) is 5.79 Å². The SMILES string of the molecule is CCC1(CC)CC2(CC(C)(C)N1OC(C)c1ccccc1)OCC(C)(COC)CO2. The third-order valence-electron chi connectivity index (χ3n) is 6.99. The second-order valence-corrected chi connectivity index (χ2v) is 10.3. The van der Waals surface area contributed by atoms with Crippen molar-refractivity contribution < 1.29 is 19.0 Å². The zero-order valence-electron chi connectivity index (χ0n) is 20.0. The molecule has 0 N–H and O–H groups in total. The number of ether oxygens (including phenoxy) is 3. The molecule has 1 aromatic rings. The Kier molecular flexibility index (Phi) is 7.00. The molecule has 2 heterocycles. The lowest BCUT2D eigenvalue weighted by atomic mass is 9.72. The van der Waals surface area contributed by atoms with Crippen molar-refractivity contribution in [2.75, 3.05) is 26.9 Å². The summed E-state index contributed by atoms with van der Waals surface area (Å²) in [5, 5.41) is 2.28. The van der Waals surface area contributed by atoms with Crippen molar-refractivity contribution in [2.45, 2.75) is 90.2 Å². The number of hydrogen-bond donors (Lipinski definition) is 0. The maximum absolute atomic E-state index is 6.71. The highest BCUT2D eigenvalue weighted by Gasteiger charge is 2.59. The number of rotatable bonds is 7. The zero-order chi connectivity index (χ0) is 22.0. The minimum atomic E-state index is -0.571. The highest BCUT2D eigenvalue weighted by molar-refractivity contribution is 5.17. The van der Waals surface area contributed by atoms with Crippen molar-refractivity contribution in [3.05, 3.63) is 35.9 Å². The summed E-state index contributed by atoms with van der Waals surface area (Å²) in [7, 11) is 1.74. The lowest BCUT2D eigenvalue weighted by molar-refractivity contribution is -0.395. The first kappa shape index (κ1) is 23.7. The first-order valence-electron chi connectivity index (χ1n) is 11.4. The van der Waals surface area contributed by atoms with E-state index in [1.165, 1.54) is 5.56 Å². The lowest BCUT2D eigenvalue weighted by Crippen LogP contribution is -2.69. The molecule has 0 radical (unpaired) electrons. The standard InChI is InChI=1S/C25H41NO4/c1-8-24(9-2)16-25(28-18-23(6,17-27-7)19-29-25)15-22(4,5)26(24)30-20(3)21-13-11-10-12-14-21/h10-14,20H,8-9,15-19H2,1-7H3. The molecule has 2 saturated heterocycles. The van der Waals surface area contributed by atoms with E-state index in [1.54, 1.807) is 7.11 Å². The van der Waals surface area contributed by atoms with Gasteiger partial charge in [0, 0.05) is 30.9 Å². The molecule has 1 aromatic carbocycles. The summed E-state index contributed by atoms with van der Waals surface area (Å²) in [6.45, 7) is 15.3. The van der Waals surface area contributed by atoms with E-state index in [2.05, 4.69) is 70.9 Å². The summed E-state index contributed by atoms with van der Waals surface area (Å²) in [5.41, 5.74) is 0.707. The van der Waals surface area contributed by atoms with Gasteiger partial charge in [-0.1, -0.05) is 51.1 Å². The average Bonchev–Trinajstić information content (AvgIpc) is 2.73. The summed E-state index contributed by atoms with van der Waals surface area (Å²) < 4.78 is 18.4. The summed E-state index contributed by atoms with van der Waals surface area (Å²) in [4.78, 5) is 6.71. The lowest BCUT2D eigenvalue weighted by Gasteiger charge is -2.61. The molecule has 1 atom stereocenters. The van der Waals surface area contributed by atoms with E-state index < -0.39 is 5.79 Å². The van der Waals surface area contributed by atoms with Crippen LogP contribution in [0.1, 0.15) is 78.9 Å². The Bertz CT molecular complexity index is 678. The largest absolute Gasteiger partial charge is 0.384 e. The molecule has 0 aliphatic carbocycles. The van der Waals surface area contributed by atoms with Crippen molar-refractivity contribution in [1.29, 1.82) is 0 Å². The van der Waals surface area contributed by atoms with Crippen LogP contribution < -0.4 is 0 Å². The van der Waals surface area contributed by atoms with Gasteiger partial charge in [-0.2, -0.15) is 5.06 Å². The molecule has 0 aromatic heterocycles. The van der Waals surface area contributed by atoms with Crippen LogP contribution in [-0.4, -0.2) is 48.9 Å². The molecule has 1 unspecified atom stereocenters. The third kappa shape index (κ3) is 4.61. The molecular weight excluding hydrogens is 378 g/mol. The molecule has 5 heteroatoms. The van der Waals surface area contributed by atoms with Crippen molar-refractivity contribution in [3.8, 4) is 0 Å². The number of piperidine rings is 1. The topological polar surface area (TPSA) is 40.2 Å². The van der Waals surface area contributed by atoms with Crippen LogP contribution in [0, 0.1) is 5.41 Å². The predicted octanol–water partition coefficient (Wildman–Crippen LogP) is 5.51. The first-order valence-corrected chi connectivity index (χ1v) is 11.4. The van der Waals surface area contributed by atoms with Crippen LogP contribution in [0.15, 0.2) is 30.3 Å². The average molecular weight is 420 g/mol. The van der Waals surface area contributed by atoms with Gasteiger partial charge < -0.3 is 14.2 Å². The molecule has 0 saturated carbocycles. The highest BCUT2D eigenvalue weighted by atomic mass is 16.7. The normalized spacial score (nSPS) is 32.2. The maximum atomic E-state index is 6.71. The molecule has 5 nitrogen and oxygen atoms in total. The zero-order valence-corrected chi connectivity index (χ0v) is 20.0. The Morgan fingerprint density at radius 2 is 1.60 bits per heavy atom. The molecule has 3 rings (SSSR count). The van der Waals surface area contributed by atoms with Crippen LogP contribution >= 0.6 is 0 Å². The Balaban J connectivity index is 1.85. The van der Waals surface area contributed by atoms with Gasteiger partial charge >= 0.3 is 0 Å². The van der Waals surface area contributed by atoms with Gasteiger partial charge in [-0.15, -0.1) is 0 Å². The maximum Gasteiger partial charge on any atom is 0.172 e. The quantitative estimate of drug-likeness (QED) is 0.583. The Labute approximate surface area is 183 Å². The van der Waals surface area contributed by atoms with Gasteiger partial charge in [0.1, 0.15) is 6.10 Å². The Morgan fingerprint density at radius 3 is 2.13 bits per heavy atom. The van der Waals surface area contributed by atoms with Gasteiger partial charge in [0.05, 0.1) is 25.4 Å². The van der Waals surface area contributed by atoms with Gasteiger partial charge in [-0.3, -0.25) is 4.84 Å². The highest BCUT2D eigenvalue weighted by Crippen LogP contribution is 2.52. The van der Waals surface area contributed by atoms with Gasteiger partial charge in [-0.05, 0) is 39.2 Å². The number of benzene rings is 1. The van der Waals surface area contributed by atoms with Crippen molar-refractivity contribution in [3.63, 3.8) is 0 Å². The van der Waals surface area contributed by atoms with E-state index >= 15 is 0 Å². The summed E-state index contributed by atoms with van der Waals surface area (Å²) in [6, 6.07) is 10.4. The summed E-state index contributed by atoms with van der Waals surface area (Å²) >= 11 is 0. The molecule has 0 bridgehead atoms. The molecular formula is C25H41NO4. The first-order chi connectivity index (χ1) is 14.1. The molecule has 170 valence electrons. The van der Waals surface area contributed by atoms with Gasteiger partial charge in [0.2, 0.25) is 0 Å². The van der Waals surface area contributed by atoms with Crippen molar-refractivity contribution >= 4 is 0 Å². The molecule has 2 fully saturated rings. The second-order valence-electron chi connectivity index (χ2n) is 10.3. The van der Waals surface area contributed by atoms with Gasteiger partial charge in [0.25, 0.3) is 0 Å². The van der Waals surface area contributed by atoms with E-state index in [9.17, 15) is 0 Å². The minimum absolute atomic E-state index is 0.0183. The fourth-order valence-electron chi connectivity index (χ4n) is 5.32. The number of methoxy groups -OCH3 is 1. The number of hydrogen-bond acceptors (Lipinski definition) is 5. The van der Waals surface area contributed by atoms with E-state index in [0.717, 1.165) is 25.7 Å². The summed E-state index contributed by atoms with van der Waals surface area (Å²) in [6.07, 6.45) is 3.50. The smallest absolute Gasteiger partial charge is 0.172 e. The Hall–Kier alpha value is -0.980. The molecule has 30 heavy (non-hydrogen) atoms. The predicted molar refractivity (Wildman–Crippen MR) is 119 cm³/mol. The molecule has 2 aliphatic rings. The van der Waals surface area contributed by atoms with Crippen LogP contribution in [-0.2, 0) is 19.0 Å². The second kappa shape index (κ2) is 8.87. The van der Waals surface area contributed by atoms with Crippen LogP contribution in [0.4, 0.5) is 0 Å². The monoisotopic (exact) mass is 419 g/mol. The van der Waals surface area contributed by atoms with E-state index in [4.69, 9.17) is 19.0 Å². The Morgan fingerprint density at radius 1 is 1.00 bits per heavy atom. The number of nitrogens with zero attached hydrogens (tertiary/aromatic N) is 1. The fourth-order valence-corrected chi connectivity index (χ4v) is 5.32. The van der Waals surface area contributed by atoms with Crippen LogP contribution in [0.3, 0.4) is 0 Å².